The molecule has 0 saturated carbocycles. The molecule has 2 aliphatic rings. The van der Waals surface area contributed by atoms with Crippen molar-refractivity contribution in [2.24, 2.45) is 5.92 Å². The van der Waals surface area contributed by atoms with Gasteiger partial charge in [-0.05, 0) is 26.2 Å². The third-order valence-electron chi connectivity index (χ3n) is 4.74. The van der Waals surface area contributed by atoms with Gasteiger partial charge >= 0.3 is 5.97 Å². The molecule has 0 aliphatic carbocycles. The molecule has 1 amide bonds. The number of amides is 1. The summed E-state index contributed by atoms with van der Waals surface area (Å²) in [6.45, 7) is 8.03. The maximum atomic E-state index is 13.0. The SMILES string of the molecule is COCNC(C(=O)N1CC2(CC1C(=O)O)OC(C)CC(C)O2)C(C)C. The number of likely N-dealkylation sites (tertiary alicyclic amines) is 1. The van der Waals surface area contributed by atoms with Crippen molar-refractivity contribution in [2.75, 3.05) is 20.4 Å². The first kappa shape index (κ1) is 20.1. The summed E-state index contributed by atoms with van der Waals surface area (Å²) in [4.78, 5) is 26.2. The molecular formula is C17H30N2O6. The van der Waals surface area contributed by atoms with Crippen LogP contribution in [0.3, 0.4) is 0 Å². The van der Waals surface area contributed by atoms with Gasteiger partial charge in [0.1, 0.15) is 6.04 Å². The Morgan fingerprint density at radius 2 is 1.92 bits per heavy atom. The van der Waals surface area contributed by atoms with E-state index in [4.69, 9.17) is 14.2 Å². The van der Waals surface area contributed by atoms with Crippen LogP contribution >= 0.6 is 0 Å². The molecule has 2 heterocycles. The second-order valence-electron chi connectivity index (χ2n) is 7.39. The molecule has 0 aromatic rings. The molecule has 2 aliphatic heterocycles. The molecule has 25 heavy (non-hydrogen) atoms. The number of carboxylic acid groups (broad SMARTS) is 1. The number of nitrogens with zero attached hydrogens (tertiary/aromatic N) is 1. The van der Waals surface area contributed by atoms with Crippen LogP contribution in [0.1, 0.15) is 40.5 Å². The van der Waals surface area contributed by atoms with Gasteiger partial charge in [-0.25, -0.2) is 4.79 Å². The molecule has 144 valence electrons. The van der Waals surface area contributed by atoms with Crippen molar-refractivity contribution in [1.82, 2.24) is 10.2 Å². The van der Waals surface area contributed by atoms with Crippen molar-refractivity contribution < 1.29 is 28.9 Å². The Morgan fingerprint density at radius 1 is 1.32 bits per heavy atom. The first-order valence-electron chi connectivity index (χ1n) is 8.80. The summed E-state index contributed by atoms with van der Waals surface area (Å²) < 4.78 is 16.9. The maximum absolute atomic E-state index is 13.0. The van der Waals surface area contributed by atoms with Gasteiger partial charge in [-0.1, -0.05) is 13.8 Å². The summed E-state index contributed by atoms with van der Waals surface area (Å²) >= 11 is 0. The fraction of sp³-hybridized carbons (Fsp3) is 0.882. The van der Waals surface area contributed by atoms with E-state index in [0.717, 1.165) is 6.42 Å². The number of aliphatic carboxylic acids is 1. The van der Waals surface area contributed by atoms with Gasteiger partial charge in [0, 0.05) is 13.5 Å². The highest BCUT2D eigenvalue weighted by Gasteiger charge is 2.54. The molecule has 2 rings (SSSR count). The van der Waals surface area contributed by atoms with Crippen LogP contribution in [-0.2, 0) is 23.8 Å². The van der Waals surface area contributed by atoms with E-state index in [-0.39, 0.29) is 43.7 Å². The first-order valence-corrected chi connectivity index (χ1v) is 8.80. The van der Waals surface area contributed by atoms with E-state index < -0.39 is 23.8 Å². The number of rotatable bonds is 6. The molecule has 2 fully saturated rings. The predicted octanol–water partition coefficient (Wildman–Crippen LogP) is 0.800. The highest BCUT2D eigenvalue weighted by atomic mass is 16.7. The fourth-order valence-corrected chi connectivity index (χ4v) is 3.75. The predicted molar refractivity (Wildman–Crippen MR) is 89.8 cm³/mol. The van der Waals surface area contributed by atoms with Gasteiger partial charge < -0.3 is 24.2 Å². The number of methoxy groups -OCH3 is 1. The third-order valence-corrected chi connectivity index (χ3v) is 4.74. The zero-order valence-corrected chi connectivity index (χ0v) is 15.7. The smallest absolute Gasteiger partial charge is 0.326 e. The molecule has 8 nitrogen and oxygen atoms in total. The van der Waals surface area contributed by atoms with Gasteiger partial charge in [0.25, 0.3) is 0 Å². The lowest BCUT2D eigenvalue weighted by atomic mass is 10.0. The standard InChI is InChI=1S/C17H30N2O6/c1-10(2)14(18-9-23-5)15(20)19-8-17(7-13(19)16(21)22)24-11(3)6-12(4)25-17/h10-14,18H,6-9H2,1-5H3,(H,21,22). The fourth-order valence-electron chi connectivity index (χ4n) is 3.75. The Labute approximate surface area is 148 Å². The quantitative estimate of drug-likeness (QED) is 0.678. The van der Waals surface area contributed by atoms with Crippen LogP contribution in [0.5, 0.6) is 0 Å². The van der Waals surface area contributed by atoms with E-state index in [0.29, 0.717) is 0 Å². The Balaban J connectivity index is 2.22. The number of carbonyl (C=O) groups excluding carboxylic acids is 1. The van der Waals surface area contributed by atoms with Crippen molar-refractivity contribution in [2.45, 2.75) is 70.6 Å². The lowest BCUT2D eigenvalue weighted by Crippen LogP contribution is -2.54. The Bertz CT molecular complexity index is 488. The van der Waals surface area contributed by atoms with Crippen LogP contribution in [-0.4, -0.2) is 72.3 Å². The van der Waals surface area contributed by atoms with Crippen LogP contribution in [0.15, 0.2) is 0 Å². The monoisotopic (exact) mass is 358 g/mol. The van der Waals surface area contributed by atoms with E-state index in [9.17, 15) is 14.7 Å². The normalized spacial score (nSPS) is 33.8. The summed E-state index contributed by atoms with van der Waals surface area (Å²) in [5.41, 5.74) is 0. The molecule has 0 bridgehead atoms. The second-order valence-corrected chi connectivity index (χ2v) is 7.39. The molecule has 0 radical (unpaired) electrons. The van der Waals surface area contributed by atoms with Crippen LogP contribution in [0.4, 0.5) is 0 Å². The third kappa shape index (κ3) is 4.49. The summed E-state index contributed by atoms with van der Waals surface area (Å²) in [7, 11) is 1.53. The van der Waals surface area contributed by atoms with Gasteiger partial charge in [-0.3, -0.25) is 10.1 Å². The molecule has 4 unspecified atom stereocenters. The summed E-state index contributed by atoms with van der Waals surface area (Å²) in [5, 5.41) is 12.7. The Kier molecular flexibility index (Phi) is 6.42. The largest absolute Gasteiger partial charge is 0.480 e. The molecule has 2 saturated heterocycles. The van der Waals surface area contributed by atoms with E-state index in [1.807, 2.05) is 27.7 Å². The summed E-state index contributed by atoms with van der Waals surface area (Å²) in [6.07, 6.45) is 0.802. The van der Waals surface area contributed by atoms with Crippen LogP contribution in [0, 0.1) is 5.92 Å². The second kappa shape index (κ2) is 7.99. The number of carbonyl (C=O) groups is 2. The topological polar surface area (TPSA) is 97.3 Å². The van der Waals surface area contributed by atoms with Crippen LogP contribution < -0.4 is 5.32 Å². The Morgan fingerprint density at radius 3 is 2.40 bits per heavy atom. The molecule has 2 N–H and O–H groups in total. The average molecular weight is 358 g/mol. The summed E-state index contributed by atoms with van der Waals surface area (Å²) in [6, 6.07) is -1.49. The van der Waals surface area contributed by atoms with Crippen LogP contribution in [0.25, 0.3) is 0 Å². The zero-order chi connectivity index (χ0) is 18.8. The minimum absolute atomic E-state index is 0.0142. The van der Waals surface area contributed by atoms with Crippen molar-refractivity contribution in [3.63, 3.8) is 0 Å². The maximum Gasteiger partial charge on any atom is 0.326 e. The minimum atomic E-state index is -1.04. The number of hydrogen-bond acceptors (Lipinski definition) is 6. The lowest BCUT2D eigenvalue weighted by Gasteiger charge is -2.40. The van der Waals surface area contributed by atoms with Gasteiger partial charge in [-0.15, -0.1) is 0 Å². The van der Waals surface area contributed by atoms with Gasteiger partial charge in [-0.2, -0.15) is 0 Å². The number of ether oxygens (including phenoxy) is 3. The molecule has 1 spiro atoms. The minimum Gasteiger partial charge on any atom is -0.480 e. The number of carboxylic acids is 1. The molecular weight excluding hydrogens is 328 g/mol. The van der Waals surface area contributed by atoms with Gasteiger partial charge in [0.05, 0.1) is 31.5 Å². The summed E-state index contributed by atoms with van der Waals surface area (Å²) in [5.74, 6) is -2.37. The highest BCUT2D eigenvalue weighted by Crippen LogP contribution is 2.38. The molecule has 0 aromatic heterocycles. The van der Waals surface area contributed by atoms with E-state index in [2.05, 4.69) is 5.32 Å². The van der Waals surface area contributed by atoms with Crippen molar-refractivity contribution in [1.29, 1.82) is 0 Å². The molecule has 4 atom stereocenters. The number of nitrogens with one attached hydrogen (secondary N) is 1. The van der Waals surface area contributed by atoms with E-state index >= 15 is 0 Å². The molecule has 8 heteroatoms. The van der Waals surface area contributed by atoms with Crippen LogP contribution in [0.2, 0.25) is 0 Å². The van der Waals surface area contributed by atoms with Crippen molar-refractivity contribution in [3.05, 3.63) is 0 Å². The first-order chi connectivity index (χ1) is 11.7. The van der Waals surface area contributed by atoms with Crippen molar-refractivity contribution in [3.8, 4) is 0 Å². The molecule has 0 aromatic carbocycles. The Hall–Kier alpha value is -1.22. The van der Waals surface area contributed by atoms with Gasteiger partial charge in [0.2, 0.25) is 5.91 Å². The zero-order valence-electron chi connectivity index (χ0n) is 15.7. The van der Waals surface area contributed by atoms with E-state index in [1.165, 1.54) is 12.0 Å². The lowest BCUT2D eigenvalue weighted by molar-refractivity contribution is -0.303. The van der Waals surface area contributed by atoms with E-state index in [1.54, 1.807) is 0 Å². The van der Waals surface area contributed by atoms with Crippen molar-refractivity contribution >= 4 is 11.9 Å². The average Bonchev–Trinajstić information content (AvgIpc) is 2.84. The van der Waals surface area contributed by atoms with Gasteiger partial charge in [0.15, 0.2) is 5.79 Å². The number of hydrogen-bond donors (Lipinski definition) is 2. The highest BCUT2D eigenvalue weighted by molar-refractivity contribution is 5.88.